The van der Waals surface area contributed by atoms with Crippen molar-refractivity contribution in [3.63, 3.8) is 0 Å². The van der Waals surface area contributed by atoms with Crippen LogP contribution in [0.15, 0.2) is 12.2 Å². The van der Waals surface area contributed by atoms with Gasteiger partial charge in [-0.1, -0.05) is 13.3 Å². The monoisotopic (exact) mass is 534 g/mol. The smallest absolute Gasteiger partial charge is 0.459 e. The van der Waals surface area contributed by atoms with Crippen LogP contribution in [0, 0.1) is 0 Å². The topological polar surface area (TPSA) is 80.3 Å². The Kier molecular flexibility index (Phi) is 11.5. The fourth-order valence-electron chi connectivity index (χ4n) is 3.65. The van der Waals surface area contributed by atoms with Gasteiger partial charge < -0.3 is 21.8 Å². The molecule has 1 atom stereocenters. The van der Waals surface area contributed by atoms with Crippen LogP contribution in [0.5, 0.6) is 0 Å². The van der Waals surface area contributed by atoms with E-state index >= 15 is 0 Å². The Morgan fingerprint density at radius 1 is 0.758 bits per heavy atom. The van der Waals surface area contributed by atoms with Crippen LogP contribution >= 0.6 is 0 Å². The van der Waals surface area contributed by atoms with E-state index < -0.39 is 51.4 Å². The number of hydrogen-bond donors (Lipinski definition) is 0. The highest BCUT2D eigenvalue weighted by molar-refractivity contribution is 6.90. The van der Waals surface area contributed by atoms with Gasteiger partial charge in [0.15, 0.2) is 30.7 Å². The lowest BCUT2D eigenvalue weighted by molar-refractivity contribution is -0.146. The minimum atomic E-state index is -3.39. The highest BCUT2D eigenvalue weighted by Crippen LogP contribution is 2.31. The Balaban J connectivity index is 3.07. The van der Waals surface area contributed by atoms with E-state index in [9.17, 15) is 9.59 Å². The van der Waals surface area contributed by atoms with Gasteiger partial charge in [0.05, 0.1) is 0 Å². The Morgan fingerprint density at radius 2 is 1.18 bits per heavy atom. The van der Waals surface area contributed by atoms with Crippen molar-refractivity contribution < 1.29 is 31.4 Å². The Labute approximate surface area is 205 Å². The summed E-state index contributed by atoms with van der Waals surface area (Å²) in [5.41, 5.74) is -0.644. The van der Waals surface area contributed by atoms with Crippen molar-refractivity contribution in [1.82, 2.24) is 0 Å². The van der Waals surface area contributed by atoms with Crippen molar-refractivity contribution in [2.45, 2.75) is 116 Å². The third-order valence-corrected chi connectivity index (χ3v) is 16.6. The fourth-order valence-corrected chi connectivity index (χ4v) is 17.9. The highest BCUT2D eigenvalue weighted by atomic mass is 28.5. The normalized spacial score (nSPS) is 17.8. The molecule has 1 fully saturated rings. The first-order chi connectivity index (χ1) is 14.9. The van der Waals surface area contributed by atoms with Crippen LogP contribution < -0.4 is 0 Å². The second kappa shape index (κ2) is 12.4. The van der Waals surface area contributed by atoms with Crippen LogP contribution in [-0.4, -0.2) is 57.5 Å². The summed E-state index contributed by atoms with van der Waals surface area (Å²) in [6.45, 7) is 20.7. The number of rotatable bonds is 12. The molecule has 1 aliphatic rings. The SMILES string of the molecule is CCC(OC(=O)C=CC(=O)OC1CCCCC1)[Si](O[Si](C)(C)C)(O[Si](C)(C)C)O[Si](C)(C)C. The maximum atomic E-state index is 12.7. The van der Waals surface area contributed by atoms with E-state index in [0.29, 0.717) is 6.42 Å². The fraction of sp³-hybridized carbons (Fsp3) is 0.818. The summed E-state index contributed by atoms with van der Waals surface area (Å²) < 4.78 is 31.3. The maximum absolute atomic E-state index is 12.7. The molecule has 0 aliphatic heterocycles. The van der Waals surface area contributed by atoms with Gasteiger partial charge in [0, 0.05) is 12.2 Å². The van der Waals surface area contributed by atoms with E-state index in [0.717, 1.165) is 37.8 Å². The minimum Gasteiger partial charge on any atom is -0.459 e. The van der Waals surface area contributed by atoms with Gasteiger partial charge in [0.25, 0.3) is 0 Å². The number of ether oxygens (including phenoxy) is 2. The van der Waals surface area contributed by atoms with Crippen LogP contribution in [0.1, 0.15) is 45.4 Å². The average Bonchev–Trinajstić information content (AvgIpc) is 2.60. The molecule has 1 saturated carbocycles. The summed E-state index contributed by atoms with van der Waals surface area (Å²) in [5.74, 6) is -1.12. The van der Waals surface area contributed by atoms with Crippen LogP contribution in [0.4, 0.5) is 0 Å². The lowest BCUT2D eigenvalue weighted by Gasteiger charge is -2.45. The molecule has 33 heavy (non-hydrogen) atoms. The minimum absolute atomic E-state index is 0.0594. The molecule has 0 aromatic heterocycles. The van der Waals surface area contributed by atoms with E-state index in [-0.39, 0.29) is 6.10 Å². The molecule has 0 aromatic rings. The molecule has 1 aliphatic carbocycles. The zero-order chi connectivity index (χ0) is 25.5. The Hall–Kier alpha value is -0.572. The van der Waals surface area contributed by atoms with Crippen LogP contribution in [0.3, 0.4) is 0 Å². The summed E-state index contributed by atoms with van der Waals surface area (Å²) in [4.78, 5) is 24.9. The van der Waals surface area contributed by atoms with Crippen molar-refractivity contribution in [3.8, 4) is 0 Å². The number of carbonyl (C=O) groups excluding carboxylic acids is 2. The molecule has 11 heteroatoms. The average molecular weight is 535 g/mol. The van der Waals surface area contributed by atoms with Crippen LogP contribution in [0.25, 0.3) is 0 Å². The molecule has 7 nitrogen and oxygen atoms in total. The molecule has 1 unspecified atom stereocenters. The van der Waals surface area contributed by atoms with E-state index in [1.165, 1.54) is 6.42 Å². The van der Waals surface area contributed by atoms with Gasteiger partial charge in [-0.2, -0.15) is 0 Å². The lowest BCUT2D eigenvalue weighted by Crippen LogP contribution is -2.67. The second-order valence-electron chi connectivity index (χ2n) is 11.6. The first kappa shape index (κ1) is 30.5. The van der Waals surface area contributed by atoms with Gasteiger partial charge >= 0.3 is 20.7 Å². The van der Waals surface area contributed by atoms with Crippen molar-refractivity contribution in [2.24, 2.45) is 0 Å². The third-order valence-electron chi connectivity index (χ3n) is 4.56. The molecule has 192 valence electrons. The first-order valence-electron chi connectivity index (χ1n) is 12.1. The van der Waals surface area contributed by atoms with E-state index in [1.807, 2.05) is 6.92 Å². The quantitative estimate of drug-likeness (QED) is 0.178. The lowest BCUT2D eigenvalue weighted by atomic mass is 9.98. The van der Waals surface area contributed by atoms with Crippen molar-refractivity contribution in [3.05, 3.63) is 12.2 Å². The van der Waals surface area contributed by atoms with Crippen molar-refractivity contribution in [2.75, 3.05) is 0 Å². The second-order valence-corrected chi connectivity index (χ2v) is 28.6. The summed E-state index contributed by atoms with van der Waals surface area (Å²) in [7, 11) is -9.73. The summed E-state index contributed by atoms with van der Waals surface area (Å²) >= 11 is 0. The summed E-state index contributed by atoms with van der Waals surface area (Å²) in [6, 6.07) is 0. The van der Waals surface area contributed by atoms with E-state index in [2.05, 4.69) is 58.9 Å². The van der Waals surface area contributed by atoms with Gasteiger partial charge in [-0.3, -0.25) is 0 Å². The van der Waals surface area contributed by atoms with E-state index in [4.69, 9.17) is 21.8 Å². The molecule has 0 N–H and O–H groups in total. The van der Waals surface area contributed by atoms with E-state index in [1.54, 1.807) is 0 Å². The number of esters is 2. The molecule has 1 rings (SSSR count). The number of carbonyl (C=O) groups is 2. The molecule has 0 spiro atoms. The maximum Gasteiger partial charge on any atom is 0.512 e. The zero-order valence-corrected chi connectivity index (χ0v) is 26.4. The van der Waals surface area contributed by atoms with Gasteiger partial charge in [0.1, 0.15) is 6.10 Å². The molecule has 0 bridgehead atoms. The third kappa shape index (κ3) is 12.6. The van der Waals surface area contributed by atoms with Crippen molar-refractivity contribution >= 4 is 45.7 Å². The molecule has 0 radical (unpaired) electrons. The predicted molar refractivity (Wildman–Crippen MR) is 141 cm³/mol. The zero-order valence-electron chi connectivity index (χ0n) is 22.4. The Bertz CT molecular complexity index is 631. The molecule has 0 amide bonds. The highest BCUT2D eigenvalue weighted by Gasteiger charge is 2.57. The molecule has 0 heterocycles. The van der Waals surface area contributed by atoms with Crippen molar-refractivity contribution in [1.29, 1.82) is 0 Å². The predicted octanol–water partition coefficient (Wildman–Crippen LogP) is 5.77. The van der Waals surface area contributed by atoms with Crippen LogP contribution in [0.2, 0.25) is 58.9 Å². The Morgan fingerprint density at radius 3 is 1.58 bits per heavy atom. The first-order valence-corrected chi connectivity index (χ1v) is 24.2. The summed E-state index contributed by atoms with van der Waals surface area (Å²) in [6.07, 6.45) is 7.82. The van der Waals surface area contributed by atoms with Crippen LogP contribution in [-0.2, 0) is 31.4 Å². The molecular weight excluding hydrogens is 489 g/mol. The summed E-state index contributed by atoms with van der Waals surface area (Å²) in [5, 5.41) is 0. The largest absolute Gasteiger partial charge is 0.512 e. The molecule has 0 aromatic carbocycles. The standard InChI is InChI=1S/C22H46O7Si4/c1-11-22(26-21(24)18-17-20(23)25-19-15-13-12-14-16-19)33(27-30(2,3)4,28-31(5,6)7)29-32(8,9)10/h17-19,22H,11-16H2,1-10H3. The van der Waals surface area contributed by atoms with Gasteiger partial charge in [-0.15, -0.1) is 0 Å². The van der Waals surface area contributed by atoms with Gasteiger partial charge in [-0.25, -0.2) is 9.59 Å². The molecule has 0 saturated heterocycles. The van der Waals surface area contributed by atoms with Gasteiger partial charge in [0.2, 0.25) is 0 Å². The number of hydrogen-bond acceptors (Lipinski definition) is 7. The molecular formula is C22H46O7Si4. The van der Waals surface area contributed by atoms with Gasteiger partial charge in [-0.05, 0) is 91.0 Å².